The Kier molecular flexibility index (Phi) is 8.08. The van der Waals surface area contributed by atoms with Crippen LogP contribution in [-0.2, 0) is 11.3 Å². The minimum absolute atomic E-state index is 0.424. The molecular formula is C22H36N6O2. The number of carbonyl (C=O) groups excluding carboxylic acids is 1. The SMILES string of the molecule is CCNC(=NCC(C)(C)NC(=O)OC(C)(C)C)NCCCn1cnc2ccccc21. The fourth-order valence-corrected chi connectivity index (χ4v) is 2.88. The van der Waals surface area contributed by atoms with Crippen LogP contribution < -0.4 is 16.0 Å². The first-order valence-corrected chi connectivity index (χ1v) is 10.5. The highest BCUT2D eigenvalue weighted by molar-refractivity contribution is 5.80. The number of imidazole rings is 1. The lowest BCUT2D eigenvalue weighted by atomic mass is 10.1. The first-order valence-electron chi connectivity index (χ1n) is 10.5. The van der Waals surface area contributed by atoms with Gasteiger partial charge in [0.25, 0.3) is 0 Å². The van der Waals surface area contributed by atoms with Crippen LogP contribution in [0.4, 0.5) is 4.79 Å². The molecule has 0 aliphatic heterocycles. The standard InChI is InChI=1S/C22H36N6O2/c1-7-23-19(25-15-22(5,6)27-20(29)30-21(2,3)4)24-13-10-14-28-16-26-17-11-8-9-12-18(17)28/h8-9,11-12,16H,7,10,13-15H2,1-6H3,(H,27,29)(H2,23,24,25). The fourth-order valence-electron chi connectivity index (χ4n) is 2.88. The number of aromatic nitrogens is 2. The van der Waals surface area contributed by atoms with Gasteiger partial charge in [-0.2, -0.15) is 0 Å². The van der Waals surface area contributed by atoms with Crippen LogP contribution in [0.2, 0.25) is 0 Å². The molecule has 8 nitrogen and oxygen atoms in total. The molecule has 2 aromatic rings. The fraction of sp³-hybridized carbons (Fsp3) is 0.591. The van der Waals surface area contributed by atoms with Crippen LogP contribution in [0.15, 0.2) is 35.6 Å². The highest BCUT2D eigenvalue weighted by atomic mass is 16.6. The normalized spacial score (nSPS) is 12.7. The third-order valence-electron chi connectivity index (χ3n) is 4.21. The molecule has 0 spiro atoms. The number of benzene rings is 1. The third kappa shape index (κ3) is 7.93. The van der Waals surface area contributed by atoms with Gasteiger partial charge in [-0.25, -0.2) is 9.78 Å². The van der Waals surface area contributed by atoms with Crippen LogP contribution >= 0.6 is 0 Å². The van der Waals surface area contributed by atoms with E-state index in [1.54, 1.807) is 0 Å². The van der Waals surface area contributed by atoms with E-state index < -0.39 is 17.2 Å². The number of fused-ring (bicyclic) bond motifs is 1. The van der Waals surface area contributed by atoms with Crippen LogP contribution in [0.1, 0.15) is 48.0 Å². The first kappa shape index (κ1) is 23.5. The lowest BCUT2D eigenvalue weighted by Gasteiger charge is -2.27. The number of ether oxygens (including phenoxy) is 1. The van der Waals surface area contributed by atoms with Gasteiger partial charge in [-0.1, -0.05) is 12.1 Å². The smallest absolute Gasteiger partial charge is 0.408 e. The molecule has 0 atom stereocenters. The molecule has 3 N–H and O–H groups in total. The number of alkyl carbamates (subject to hydrolysis) is 1. The lowest BCUT2D eigenvalue weighted by molar-refractivity contribution is 0.0476. The van der Waals surface area contributed by atoms with Gasteiger partial charge >= 0.3 is 6.09 Å². The number of para-hydroxylation sites is 2. The molecule has 1 aromatic carbocycles. The molecule has 0 bridgehead atoms. The number of aryl methyl sites for hydroxylation is 1. The van der Waals surface area contributed by atoms with Crippen molar-refractivity contribution in [1.29, 1.82) is 0 Å². The summed E-state index contributed by atoms with van der Waals surface area (Å²) < 4.78 is 7.50. The number of aliphatic imine (C=N–C) groups is 1. The van der Waals surface area contributed by atoms with Crippen molar-refractivity contribution in [2.75, 3.05) is 19.6 Å². The topological polar surface area (TPSA) is 92.6 Å². The quantitative estimate of drug-likeness (QED) is 0.349. The summed E-state index contributed by atoms with van der Waals surface area (Å²) in [6.45, 7) is 14.2. The molecular weight excluding hydrogens is 380 g/mol. The van der Waals surface area contributed by atoms with Crippen molar-refractivity contribution >= 4 is 23.1 Å². The zero-order valence-corrected chi connectivity index (χ0v) is 19.1. The Morgan fingerprint density at radius 1 is 1.17 bits per heavy atom. The second-order valence-corrected chi connectivity index (χ2v) is 8.91. The Balaban J connectivity index is 1.83. The Hall–Kier alpha value is -2.77. The maximum Gasteiger partial charge on any atom is 0.408 e. The van der Waals surface area contributed by atoms with E-state index in [0.717, 1.165) is 43.0 Å². The molecule has 0 radical (unpaired) electrons. The van der Waals surface area contributed by atoms with Crippen molar-refractivity contribution in [3.8, 4) is 0 Å². The predicted octanol–water partition coefficient (Wildman–Crippen LogP) is 3.28. The van der Waals surface area contributed by atoms with Gasteiger partial charge in [-0.15, -0.1) is 0 Å². The highest BCUT2D eigenvalue weighted by Gasteiger charge is 2.24. The zero-order chi connectivity index (χ0) is 22.2. The van der Waals surface area contributed by atoms with Crippen molar-refractivity contribution in [3.05, 3.63) is 30.6 Å². The summed E-state index contributed by atoms with van der Waals surface area (Å²) in [5, 5.41) is 9.48. The van der Waals surface area contributed by atoms with Gasteiger partial charge in [0.1, 0.15) is 5.60 Å². The molecule has 0 aliphatic rings. The summed E-state index contributed by atoms with van der Waals surface area (Å²) in [6.07, 6.45) is 2.38. The molecule has 0 fully saturated rings. The molecule has 0 saturated carbocycles. The molecule has 1 heterocycles. The van der Waals surface area contributed by atoms with E-state index in [9.17, 15) is 4.79 Å². The van der Waals surface area contributed by atoms with Crippen molar-refractivity contribution in [2.24, 2.45) is 4.99 Å². The van der Waals surface area contributed by atoms with Gasteiger partial charge in [-0.05, 0) is 60.1 Å². The van der Waals surface area contributed by atoms with Gasteiger partial charge < -0.3 is 25.3 Å². The van der Waals surface area contributed by atoms with Gasteiger partial charge in [0.05, 0.1) is 29.4 Å². The van der Waals surface area contributed by atoms with Crippen molar-refractivity contribution < 1.29 is 9.53 Å². The minimum atomic E-state index is -0.527. The monoisotopic (exact) mass is 416 g/mol. The number of rotatable bonds is 8. The third-order valence-corrected chi connectivity index (χ3v) is 4.21. The Morgan fingerprint density at radius 2 is 1.90 bits per heavy atom. The Labute approximate surface area is 179 Å². The Bertz CT molecular complexity index is 851. The van der Waals surface area contributed by atoms with Gasteiger partial charge in [0, 0.05) is 19.6 Å². The van der Waals surface area contributed by atoms with Crippen LogP contribution in [0, 0.1) is 0 Å². The lowest BCUT2D eigenvalue weighted by Crippen LogP contribution is -2.49. The van der Waals surface area contributed by atoms with Crippen LogP contribution in [0.5, 0.6) is 0 Å². The zero-order valence-electron chi connectivity index (χ0n) is 19.1. The van der Waals surface area contributed by atoms with Crippen molar-refractivity contribution in [1.82, 2.24) is 25.5 Å². The van der Waals surface area contributed by atoms with E-state index in [-0.39, 0.29) is 0 Å². The number of hydrogen-bond acceptors (Lipinski definition) is 4. The van der Waals surface area contributed by atoms with E-state index in [1.807, 2.05) is 66.1 Å². The summed E-state index contributed by atoms with van der Waals surface area (Å²) in [5.41, 5.74) is 1.11. The van der Waals surface area contributed by atoms with E-state index in [1.165, 1.54) is 0 Å². The van der Waals surface area contributed by atoms with Crippen LogP contribution in [0.3, 0.4) is 0 Å². The van der Waals surface area contributed by atoms with Gasteiger partial charge in [-0.3, -0.25) is 4.99 Å². The average Bonchev–Trinajstić information content (AvgIpc) is 3.04. The summed E-state index contributed by atoms with van der Waals surface area (Å²) in [4.78, 5) is 21.1. The molecule has 30 heavy (non-hydrogen) atoms. The largest absolute Gasteiger partial charge is 0.444 e. The Morgan fingerprint density at radius 3 is 2.60 bits per heavy atom. The molecule has 166 valence electrons. The summed E-state index contributed by atoms with van der Waals surface area (Å²) in [6, 6.07) is 8.13. The molecule has 1 aromatic heterocycles. The van der Waals surface area contributed by atoms with Gasteiger partial charge in [0.2, 0.25) is 0 Å². The molecule has 1 amide bonds. The molecule has 8 heteroatoms. The molecule has 2 rings (SSSR count). The highest BCUT2D eigenvalue weighted by Crippen LogP contribution is 2.12. The number of amides is 1. The summed E-state index contributed by atoms with van der Waals surface area (Å²) >= 11 is 0. The van der Waals surface area contributed by atoms with E-state index in [0.29, 0.717) is 6.54 Å². The van der Waals surface area contributed by atoms with E-state index in [2.05, 4.69) is 36.6 Å². The second-order valence-electron chi connectivity index (χ2n) is 8.91. The van der Waals surface area contributed by atoms with Crippen LogP contribution in [0.25, 0.3) is 11.0 Å². The van der Waals surface area contributed by atoms with E-state index in [4.69, 9.17) is 4.74 Å². The summed E-state index contributed by atoms with van der Waals surface area (Å²) in [5.74, 6) is 0.729. The maximum absolute atomic E-state index is 12.0. The van der Waals surface area contributed by atoms with E-state index >= 15 is 0 Å². The molecule has 0 saturated heterocycles. The number of guanidine groups is 1. The number of nitrogens with zero attached hydrogens (tertiary/aromatic N) is 3. The molecule has 0 aliphatic carbocycles. The first-order chi connectivity index (χ1) is 14.1. The number of hydrogen-bond donors (Lipinski definition) is 3. The van der Waals surface area contributed by atoms with Crippen molar-refractivity contribution in [3.63, 3.8) is 0 Å². The molecule has 0 unspecified atom stereocenters. The minimum Gasteiger partial charge on any atom is -0.444 e. The predicted molar refractivity (Wildman–Crippen MR) is 122 cm³/mol. The summed E-state index contributed by atoms with van der Waals surface area (Å²) in [7, 11) is 0. The number of nitrogens with one attached hydrogen (secondary N) is 3. The van der Waals surface area contributed by atoms with Gasteiger partial charge in [0.15, 0.2) is 5.96 Å². The average molecular weight is 417 g/mol. The van der Waals surface area contributed by atoms with Crippen LogP contribution in [-0.4, -0.2) is 52.4 Å². The number of carbonyl (C=O) groups is 1. The second kappa shape index (κ2) is 10.3. The maximum atomic E-state index is 12.0. The van der Waals surface area contributed by atoms with Crippen molar-refractivity contribution in [2.45, 2.75) is 65.6 Å².